The van der Waals surface area contributed by atoms with Crippen LogP contribution >= 0.6 is 24.0 Å². The van der Waals surface area contributed by atoms with E-state index in [0.717, 1.165) is 57.2 Å². The van der Waals surface area contributed by atoms with E-state index in [1.165, 1.54) is 25.7 Å². The van der Waals surface area contributed by atoms with Crippen LogP contribution in [0.15, 0.2) is 29.3 Å². The number of amides is 1. The number of nitrogens with one attached hydrogen (secondary N) is 3. The first-order valence-corrected chi connectivity index (χ1v) is 11.0. The number of rotatable bonds is 11. The molecule has 0 atom stereocenters. The predicted molar refractivity (Wildman–Crippen MR) is 135 cm³/mol. The van der Waals surface area contributed by atoms with Crippen LogP contribution in [0, 0.1) is 5.41 Å². The molecule has 0 heterocycles. The Balaban J connectivity index is 0.00000450. The summed E-state index contributed by atoms with van der Waals surface area (Å²) in [5.41, 5.74) is 2.13. The van der Waals surface area contributed by atoms with Crippen LogP contribution in [0.3, 0.4) is 0 Å². The average molecular weight is 530 g/mol. The molecule has 0 saturated heterocycles. The van der Waals surface area contributed by atoms with Gasteiger partial charge in [-0.25, -0.2) is 0 Å². The number of guanidine groups is 1. The number of benzene rings is 1. The van der Waals surface area contributed by atoms with E-state index in [4.69, 9.17) is 9.73 Å². The molecule has 2 rings (SSSR count). The molecule has 1 aromatic rings. The lowest BCUT2D eigenvalue weighted by atomic mass is 9.83. The zero-order valence-electron chi connectivity index (χ0n) is 18.8. The van der Waals surface area contributed by atoms with Crippen LogP contribution in [0.5, 0.6) is 0 Å². The zero-order valence-corrected chi connectivity index (χ0v) is 21.1. The standard InChI is InChI=1S/C23H38N4O2.HI/c1-4-25-22(27-18-23(12-6-7-13-23)14-16-29-5-2)26-15-11-19-9-8-10-20(17-19)21(28)24-3;/h8-10,17H,4-7,11-16,18H2,1-3H3,(H,24,28)(H2,25,26,27);1H. The second kappa shape index (κ2) is 14.6. The van der Waals surface area contributed by atoms with Gasteiger partial charge in [0.1, 0.15) is 0 Å². The van der Waals surface area contributed by atoms with Gasteiger partial charge in [-0.15, -0.1) is 24.0 Å². The molecule has 0 unspecified atom stereocenters. The van der Waals surface area contributed by atoms with E-state index in [0.29, 0.717) is 11.0 Å². The lowest BCUT2D eigenvalue weighted by molar-refractivity contribution is 0.0963. The fraction of sp³-hybridized carbons (Fsp3) is 0.652. The van der Waals surface area contributed by atoms with Gasteiger partial charge in [0.2, 0.25) is 0 Å². The second-order valence-corrected chi connectivity index (χ2v) is 7.81. The van der Waals surface area contributed by atoms with Crippen LogP contribution in [0.2, 0.25) is 0 Å². The van der Waals surface area contributed by atoms with Crippen LogP contribution in [0.1, 0.15) is 61.9 Å². The summed E-state index contributed by atoms with van der Waals surface area (Å²) in [7, 11) is 1.65. The minimum absolute atomic E-state index is 0. The van der Waals surface area contributed by atoms with E-state index >= 15 is 0 Å². The summed E-state index contributed by atoms with van der Waals surface area (Å²) in [6.45, 7) is 8.21. The number of nitrogens with zero attached hydrogens (tertiary/aromatic N) is 1. The molecule has 3 N–H and O–H groups in total. The Morgan fingerprint density at radius 2 is 1.97 bits per heavy atom. The first-order chi connectivity index (χ1) is 14.1. The highest BCUT2D eigenvalue weighted by Gasteiger charge is 2.33. The lowest BCUT2D eigenvalue weighted by Crippen LogP contribution is -2.39. The lowest BCUT2D eigenvalue weighted by Gasteiger charge is -2.27. The highest BCUT2D eigenvalue weighted by atomic mass is 127. The van der Waals surface area contributed by atoms with Crippen LogP contribution in [0.4, 0.5) is 0 Å². The van der Waals surface area contributed by atoms with E-state index < -0.39 is 0 Å². The molecular weight excluding hydrogens is 491 g/mol. The summed E-state index contributed by atoms with van der Waals surface area (Å²) in [6.07, 6.45) is 7.02. The summed E-state index contributed by atoms with van der Waals surface area (Å²) in [4.78, 5) is 16.7. The van der Waals surface area contributed by atoms with E-state index in [1.54, 1.807) is 7.05 Å². The van der Waals surface area contributed by atoms with Crippen molar-refractivity contribution in [1.82, 2.24) is 16.0 Å². The summed E-state index contributed by atoms with van der Waals surface area (Å²) < 4.78 is 5.62. The van der Waals surface area contributed by atoms with Crippen molar-refractivity contribution in [2.75, 3.05) is 39.9 Å². The Bertz CT molecular complexity index is 660. The average Bonchev–Trinajstić information content (AvgIpc) is 3.21. The third kappa shape index (κ3) is 8.79. The van der Waals surface area contributed by atoms with Crippen molar-refractivity contribution >= 4 is 35.8 Å². The normalized spacial score (nSPS) is 15.4. The Hall–Kier alpha value is -1.35. The SMILES string of the molecule is CCNC(=NCC1(CCOCC)CCCC1)NCCc1cccc(C(=O)NC)c1.I. The molecule has 1 fully saturated rings. The van der Waals surface area contributed by atoms with Crippen molar-refractivity contribution in [3.63, 3.8) is 0 Å². The summed E-state index contributed by atoms with van der Waals surface area (Å²) in [6, 6.07) is 7.78. The first-order valence-electron chi connectivity index (χ1n) is 11.0. The van der Waals surface area contributed by atoms with Crippen LogP contribution < -0.4 is 16.0 Å². The fourth-order valence-electron chi connectivity index (χ4n) is 3.97. The number of aliphatic imine (C=N–C) groups is 1. The molecule has 6 nitrogen and oxygen atoms in total. The van der Waals surface area contributed by atoms with E-state index in [9.17, 15) is 4.79 Å². The number of hydrogen-bond donors (Lipinski definition) is 3. The molecule has 1 aliphatic carbocycles. The molecule has 1 amide bonds. The van der Waals surface area contributed by atoms with Gasteiger partial charge in [0.15, 0.2) is 5.96 Å². The quantitative estimate of drug-likeness (QED) is 0.176. The maximum atomic E-state index is 11.8. The number of carbonyl (C=O) groups is 1. The second-order valence-electron chi connectivity index (χ2n) is 7.81. The van der Waals surface area contributed by atoms with Crippen molar-refractivity contribution in [3.05, 3.63) is 35.4 Å². The Morgan fingerprint density at radius 1 is 1.20 bits per heavy atom. The van der Waals surface area contributed by atoms with Gasteiger partial charge in [0, 0.05) is 45.5 Å². The molecule has 1 saturated carbocycles. The zero-order chi connectivity index (χ0) is 21.0. The highest BCUT2D eigenvalue weighted by Crippen LogP contribution is 2.41. The van der Waals surface area contributed by atoms with Gasteiger partial charge in [0.25, 0.3) is 5.91 Å². The molecule has 30 heavy (non-hydrogen) atoms. The predicted octanol–water partition coefficient (Wildman–Crippen LogP) is 3.75. The van der Waals surface area contributed by atoms with Gasteiger partial charge in [-0.2, -0.15) is 0 Å². The molecule has 1 aromatic carbocycles. The fourth-order valence-corrected chi connectivity index (χ4v) is 3.97. The van der Waals surface area contributed by atoms with Crippen molar-refractivity contribution in [3.8, 4) is 0 Å². The van der Waals surface area contributed by atoms with E-state index in [1.807, 2.05) is 18.2 Å². The molecule has 170 valence electrons. The van der Waals surface area contributed by atoms with E-state index in [2.05, 4.69) is 35.9 Å². The van der Waals surface area contributed by atoms with Gasteiger partial charge >= 0.3 is 0 Å². The number of halogens is 1. The maximum absolute atomic E-state index is 11.8. The van der Waals surface area contributed by atoms with Crippen LogP contribution in [0.25, 0.3) is 0 Å². The topological polar surface area (TPSA) is 74.8 Å². The molecular formula is C23H39IN4O2. The first kappa shape index (κ1) is 26.7. The van der Waals surface area contributed by atoms with Gasteiger partial charge in [0.05, 0.1) is 0 Å². The molecule has 0 radical (unpaired) electrons. The molecule has 0 spiro atoms. The minimum atomic E-state index is -0.0522. The maximum Gasteiger partial charge on any atom is 0.251 e. The molecule has 7 heteroatoms. The Kier molecular flexibility index (Phi) is 13.0. The van der Waals surface area contributed by atoms with Crippen LogP contribution in [-0.4, -0.2) is 51.8 Å². The third-order valence-corrected chi connectivity index (χ3v) is 5.68. The van der Waals surface area contributed by atoms with Gasteiger partial charge in [-0.3, -0.25) is 9.79 Å². The number of hydrogen-bond acceptors (Lipinski definition) is 3. The summed E-state index contributed by atoms with van der Waals surface area (Å²) in [5.74, 6) is 0.821. The number of carbonyl (C=O) groups excluding carboxylic acids is 1. The molecule has 0 bridgehead atoms. The smallest absolute Gasteiger partial charge is 0.251 e. The van der Waals surface area contributed by atoms with Gasteiger partial charge in [-0.05, 0) is 62.6 Å². The van der Waals surface area contributed by atoms with Crippen LogP contribution in [-0.2, 0) is 11.2 Å². The molecule has 1 aliphatic rings. The Labute approximate surface area is 199 Å². The van der Waals surface area contributed by atoms with Crippen molar-refractivity contribution in [1.29, 1.82) is 0 Å². The summed E-state index contributed by atoms with van der Waals surface area (Å²) in [5, 5.41) is 9.48. The Morgan fingerprint density at radius 3 is 2.63 bits per heavy atom. The van der Waals surface area contributed by atoms with Gasteiger partial charge in [-0.1, -0.05) is 25.0 Å². The van der Waals surface area contributed by atoms with Crippen molar-refractivity contribution in [2.45, 2.75) is 52.4 Å². The minimum Gasteiger partial charge on any atom is -0.382 e. The van der Waals surface area contributed by atoms with Crippen molar-refractivity contribution < 1.29 is 9.53 Å². The number of ether oxygens (including phenoxy) is 1. The van der Waals surface area contributed by atoms with E-state index in [-0.39, 0.29) is 29.9 Å². The highest BCUT2D eigenvalue weighted by molar-refractivity contribution is 14.0. The monoisotopic (exact) mass is 530 g/mol. The molecule has 0 aromatic heterocycles. The van der Waals surface area contributed by atoms with Crippen molar-refractivity contribution in [2.24, 2.45) is 10.4 Å². The summed E-state index contributed by atoms with van der Waals surface area (Å²) >= 11 is 0. The molecule has 0 aliphatic heterocycles. The third-order valence-electron chi connectivity index (χ3n) is 5.68. The largest absolute Gasteiger partial charge is 0.382 e. The van der Waals surface area contributed by atoms with Gasteiger partial charge < -0.3 is 20.7 Å².